The fourth-order valence-corrected chi connectivity index (χ4v) is 7.66. The van der Waals surface area contributed by atoms with Crippen LogP contribution >= 0.6 is 0 Å². The molecule has 14 heteroatoms. The molecule has 58 heavy (non-hydrogen) atoms. The molecule has 4 aromatic rings. The highest BCUT2D eigenvalue weighted by Crippen LogP contribution is 2.38. The second-order valence-corrected chi connectivity index (χ2v) is 15.2. The average Bonchev–Trinajstić information content (AvgIpc) is 3.63. The third-order valence-electron chi connectivity index (χ3n) is 10.9. The number of para-hydroxylation sites is 1. The summed E-state index contributed by atoms with van der Waals surface area (Å²) in [5.41, 5.74) is 19.2. The molecule has 5 rings (SSSR count). The Morgan fingerprint density at radius 3 is 2.09 bits per heavy atom. The third kappa shape index (κ3) is 11.9. The summed E-state index contributed by atoms with van der Waals surface area (Å²) in [6.07, 6.45) is 6.30. The lowest BCUT2D eigenvalue weighted by Gasteiger charge is -2.40. The van der Waals surface area contributed by atoms with E-state index in [1.165, 1.54) is 5.56 Å². The number of hydrogen-bond acceptors (Lipinski definition) is 6. The Labute approximate surface area is 339 Å². The molecular weight excluding hydrogens is 735 g/mol. The maximum Gasteiger partial charge on any atom is 0.246 e. The molecule has 1 aliphatic rings. The summed E-state index contributed by atoms with van der Waals surface area (Å²) in [5.74, 6) is -2.56. The Morgan fingerprint density at radius 2 is 1.41 bits per heavy atom. The minimum atomic E-state index is -1.24. The number of primary amides is 1. The van der Waals surface area contributed by atoms with E-state index in [1.54, 1.807) is 6.20 Å². The summed E-state index contributed by atoms with van der Waals surface area (Å²) in [6, 6.07) is 23.6. The summed E-state index contributed by atoms with van der Waals surface area (Å²) >= 11 is 0. The molecular formula is C44H57N9O5. The first-order valence-electron chi connectivity index (χ1n) is 20.2. The Balaban J connectivity index is 1.38. The summed E-state index contributed by atoms with van der Waals surface area (Å²) in [5, 5.41) is 12.6. The van der Waals surface area contributed by atoms with Gasteiger partial charge in [-0.2, -0.15) is 0 Å². The molecule has 0 radical (unpaired) electrons. The van der Waals surface area contributed by atoms with Crippen molar-refractivity contribution in [1.29, 1.82) is 0 Å². The van der Waals surface area contributed by atoms with Gasteiger partial charge >= 0.3 is 0 Å². The number of carbonyl (C=O) groups excluding carboxylic acids is 5. The van der Waals surface area contributed by atoms with Crippen LogP contribution in [0.5, 0.6) is 0 Å². The molecule has 0 spiro atoms. The SMILES string of the molecule is CCCCC(=O)NC1(C(=O)NC(Cc2ccccc2)C(=O)NC(CCCN=C(N)N)C(=O)N[C@@H](Cc2c[nH]c3ccccc23)C(N)=O)CCC(c2ccccc2)CC1. The molecule has 308 valence electrons. The number of rotatable bonds is 20. The van der Waals surface area contributed by atoms with Gasteiger partial charge in [-0.15, -0.1) is 0 Å². The van der Waals surface area contributed by atoms with Crippen LogP contribution < -0.4 is 38.5 Å². The van der Waals surface area contributed by atoms with Crippen molar-refractivity contribution < 1.29 is 24.0 Å². The number of benzene rings is 3. The van der Waals surface area contributed by atoms with Gasteiger partial charge in [0, 0.05) is 42.9 Å². The molecule has 1 fully saturated rings. The largest absolute Gasteiger partial charge is 0.370 e. The zero-order valence-corrected chi connectivity index (χ0v) is 33.2. The topological polar surface area (TPSA) is 240 Å². The molecule has 5 amide bonds. The fraction of sp³-hybridized carbons (Fsp3) is 0.409. The number of guanidine groups is 1. The van der Waals surface area contributed by atoms with Gasteiger partial charge in [-0.1, -0.05) is 92.2 Å². The summed E-state index contributed by atoms with van der Waals surface area (Å²) < 4.78 is 0. The van der Waals surface area contributed by atoms with Crippen molar-refractivity contribution in [2.75, 3.05) is 6.54 Å². The van der Waals surface area contributed by atoms with E-state index in [-0.39, 0.29) is 50.0 Å². The van der Waals surface area contributed by atoms with Crippen LogP contribution in [0, 0.1) is 0 Å². The van der Waals surface area contributed by atoms with Gasteiger partial charge in [0.25, 0.3) is 0 Å². The maximum absolute atomic E-state index is 14.6. The number of aliphatic imine (C=N–C) groups is 1. The van der Waals surface area contributed by atoms with Crippen molar-refractivity contribution in [2.45, 2.75) is 107 Å². The number of nitrogens with two attached hydrogens (primary N) is 3. The number of unbranched alkanes of at least 4 members (excludes halogenated alkanes) is 1. The first-order chi connectivity index (χ1) is 28.0. The Kier molecular flexibility index (Phi) is 15.4. The molecule has 3 aromatic carbocycles. The number of aromatic amines is 1. The molecule has 3 atom stereocenters. The highest BCUT2D eigenvalue weighted by Gasteiger charge is 2.44. The van der Waals surface area contributed by atoms with E-state index in [1.807, 2.05) is 79.7 Å². The lowest BCUT2D eigenvalue weighted by Crippen LogP contribution is -2.64. The van der Waals surface area contributed by atoms with E-state index >= 15 is 0 Å². The lowest BCUT2D eigenvalue weighted by atomic mass is 9.73. The number of hydrogen-bond donors (Lipinski definition) is 8. The molecule has 0 saturated heterocycles. The number of fused-ring (bicyclic) bond motifs is 1. The molecule has 1 aliphatic carbocycles. The minimum Gasteiger partial charge on any atom is -0.370 e. The zero-order chi connectivity index (χ0) is 41.5. The molecule has 0 bridgehead atoms. The van der Waals surface area contributed by atoms with Crippen molar-refractivity contribution in [1.82, 2.24) is 26.3 Å². The second-order valence-electron chi connectivity index (χ2n) is 15.2. The van der Waals surface area contributed by atoms with Gasteiger partial charge in [-0.3, -0.25) is 29.0 Å². The van der Waals surface area contributed by atoms with Crippen molar-refractivity contribution >= 4 is 46.4 Å². The van der Waals surface area contributed by atoms with Crippen LogP contribution in [0.3, 0.4) is 0 Å². The number of nitrogens with one attached hydrogen (secondary N) is 5. The van der Waals surface area contributed by atoms with Gasteiger partial charge < -0.3 is 43.5 Å². The van der Waals surface area contributed by atoms with Crippen molar-refractivity contribution in [3.8, 4) is 0 Å². The van der Waals surface area contributed by atoms with Crippen LogP contribution in [0.4, 0.5) is 0 Å². The smallest absolute Gasteiger partial charge is 0.246 e. The summed E-state index contributed by atoms with van der Waals surface area (Å²) in [4.78, 5) is 76.1. The van der Waals surface area contributed by atoms with E-state index in [4.69, 9.17) is 17.2 Å². The second kappa shape index (κ2) is 20.8. The van der Waals surface area contributed by atoms with Gasteiger partial charge in [-0.25, -0.2) is 0 Å². The van der Waals surface area contributed by atoms with E-state index in [2.05, 4.69) is 43.4 Å². The zero-order valence-electron chi connectivity index (χ0n) is 33.2. The molecule has 2 unspecified atom stereocenters. The molecule has 1 aromatic heterocycles. The lowest BCUT2D eigenvalue weighted by molar-refractivity contribution is -0.138. The van der Waals surface area contributed by atoms with Gasteiger partial charge in [0.2, 0.25) is 29.5 Å². The van der Waals surface area contributed by atoms with Gasteiger partial charge in [0.15, 0.2) is 5.96 Å². The number of H-pyrrole nitrogens is 1. The van der Waals surface area contributed by atoms with Crippen LogP contribution in [0.2, 0.25) is 0 Å². The van der Waals surface area contributed by atoms with Crippen molar-refractivity contribution in [3.05, 3.63) is 108 Å². The van der Waals surface area contributed by atoms with E-state index in [0.717, 1.165) is 28.5 Å². The van der Waals surface area contributed by atoms with Crippen LogP contribution in [0.1, 0.15) is 87.3 Å². The van der Waals surface area contributed by atoms with Gasteiger partial charge in [-0.05, 0) is 73.6 Å². The van der Waals surface area contributed by atoms with E-state index < -0.39 is 47.3 Å². The number of amides is 5. The number of nitrogens with zero attached hydrogens (tertiary/aromatic N) is 1. The molecule has 1 saturated carbocycles. The standard InChI is InChI=1S/C44H57N9O5/c1-2-3-20-38(54)53-44(23-21-31(22-24-44)30-15-8-5-9-16-30)42(58)52-37(26-29-13-6-4-7-14-29)41(57)50-35(19-12-25-48-43(46)47)40(56)51-36(39(45)55)27-32-28-49-34-18-11-10-17-33(32)34/h4-11,13-18,28,31,35-37,49H,2-3,12,19-27H2,1H3,(H2,45,55)(H,50,57)(H,51,56)(H,52,58)(H,53,54)(H4,46,47,48)/t31?,35?,36-,37?,44?/m0/s1. The Morgan fingerprint density at radius 1 is 0.776 bits per heavy atom. The predicted octanol–water partition coefficient (Wildman–Crippen LogP) is 3.35. The highest BCUT2D eigenvalue weighted by atomic mass is 16.2. The van der Waals surface area contributed by atoms with Crippen LogP contribution in [-0.4, -0.2) is 70.7 Å². The quantitative estimate of drug-likeness (QED) is 0.0377. The molecule has 1 heterocycles. The summed E-state index contributed by atoms with van der Waals surface area (Å²) in [7, 11) is 0. The summed E-state index contributed by atoms with van der Waals surface area (Å²) in [6.45, 7) is 2.19. The van der Waals surface area contributed by atoms with Crippen LogP contribution in [0.25, 0.3) is 10.9 Å². The Hall–Kier alpha value is -6.18. The van der Waals surface area contributed by atoms with Crippen molar-refractivity contribution in [2.24, 2.45) is 22.2 Å². The van der Waals surface area contributed by atoms with E-state index in [9.17, 15) is 24.0 Å². The monoisotopic (exact) mass is 791 g/mol. The molecule has 14 nitrogen and oxygen atoms in total. The van der Waals surface area contributed by atoms with Crippen LogP contribution in [0.15, 0.2) is 96.1 Å². The third-order valence-corrected chi connectivity index (χ3v) is 10.9. The van der Waals surface area contributed by atoms with Gasteiger partial charge in [0.05, 0.1) is 0 Å². The fourth-order valence-electron chi connectivity index (χ4n) is 7.66. The maximum atomic E-state index is 14.6. The first-order valence-corrected chi connectivity index (χ1v) is 20.2. The van der Waals surface area contributed by atoms with E-state index in [0.29, 0.717) is 38.5 Å². The minimum absolute atomic E-state index is 0.108. The average molecular weight is 792 g/mol. The predicted molar refractivity (Wildman–Crippen MR) is 225 cm³/mol. The first kappa shape index (κ1) is 43.0. The van der Waals surface area contributed by atoms with Gasteiger partial charge in [0.1, 0.15) is 23.7 Å². The number of carbonyl (C=O) groups is 5. The molecule has 11 N–H and O–H groups in total. The Bertz CT molecular complexity index is 2020. The van der Waals surface area contributed by atoms with Crippen LogP contribution in [-0.2, 0) is 36.8 Å². The van der Waals surface area contributed by atoms with Crippen molar-refractivity contribution in [3.63, 3.8) is 0 Å². The number of aromatic nitrogens is 1. The normalized spacial score (nSPS) is 17.9. The molecule has 0 aliphatic heterocycles. The highest BCUT2D eigenvalue weighted by molar-refractivity contribution is 5.97.